The average Bonchev–Trinajstić information content (AvgIpc) is 2.59. The molecule has 0 amide bonds. The van der Waals surface area contributed by atoms with Gasteiger partial charge in [0.05, 0.1) is 12.5 Å². The molecule has 0 aliphatic heterocycles. The van der Waals surface area contributed by atoms with Crippen LogP contribution in [0.25, 0.3) is 11.5 Å². The van der Waals surface area contributed by atoms with Crippen LogP contribution in [0.3, 0.4) is 0 Å². The van der Waals surface area contributed by atoms with Crippen molar-refractivity contribution >= 4 is 0 Å². The molecular formula is C5H5N5. The molecule has 0 unspecified atom stereocenters. The van der Waals surface area contributed by atoms with Crippen LogP contribution in [-0.2, 0) is 0 Å². The van der Waals surface area contributed by atoms with E-state index in [9.17, 15) is 0 Å². The van der Waals surface area contributed by atoms with Gasteiger partial charge in [0.2, 0.25) is 0 Å². The van der Waals surface area contributed by atoms with Crippen LogP contribution >= 0.6 is 0 Å². The van der Waals surface area contributed by atoms with Crippen LogP contribution in [0.15, 0.2) is 18.9 Å². The lowest BCUT2D eigenvalue weighted by Gasteiger charge is -1.83. The standard InChI is InChI=1S/C5H5N5/c1-4(7-2-6-1)5-8-3-9-10-5/h1-3H,(H,6,7)(H,8,9,10). The summed E-state index contributed by atoms with van der Waals surface area (Å²) in [5.74, 6) is 0.706. The van der Waals surface area contributed by atoms with E-state index in [2.05, 4.69) is 25.1 Å². The fourth-order valence-corrected chi connectivity index (χ4v) is 0.721. The zero-order valence-electron chi connectivity index (χ0n) is 5.07. The first-order valence-electron chi connectivity index (χ1n) is 2.81. The van der Waals surface area contributed by atoms with Gasteiger partial charge in [-0.05, 0) is 0 Å². The Balaban J connectivity index is 2.48. The highest BCUT2D eigenvalue weighted by molar-refractivity contribution is 5.45. The minimum atomic E-state index is 0.706. The SMILES string of the molecule is c1n[nH]c(-c2cnc[nH]2)n1. The van der Waals surface area contributed by atoms with Gasteiger partial charge in [-0.15, -0.1) is 0 Å². The van der Waals surface area contributed by atoms with Gasteiger partial charge in [0, 0.05) is 0 Å². The topological polar surface area (TPSA) is 70.2 Å². The molecule has 0 spiro atoms. The van der Waals surface area contributed by atoms with E-state index < -0.39 is 0 Å². The molecule has 0 saturated heterocycles. The quantitative estimate of drug-likeness (QED) is 0.586. The normalized spacial score (nSPS) is 10.0. The Morgan fingerprint density at radius 3 is 3.00 bits per heavy atom. The summed E-state index contributed by atoms with van der Waals surface area (Å²) >= 11 is 0. The number of aromatic nitrogens is 5. The molecule has 10 heavy (non-hydrogen) atoms. The van der Waals surface area contributed by atoms with Crippen LogP contribution < -0.4 is 0 Å². The van der Waals surface area contributed by atoms with Gasteiger partial charge in [-0.2, -0.15) is 5.10 Å². The summed E-state index contributed by atoms with van der Waals surface area (Å²) in [4.78, 5) is 10.7. The van der Waals surface area contributed by atoms with Gasteiger partial charge < -0.3 is 4.98 Å². The first kappa shape index (κ1) is 5.16. The van der Waals surface area contributed by atoms with Gasteiger partial charge in [0.15, 0.2) is 5.82 Å². The van der Waals surface area contributed by atoms with E-state index in [1.807, 2.05) is 0 Å². The van der Waals surface area contributed by atoms with Crippen molar-refractivity contribution < 1.29 is 0 Å². The summed E-state index contributed by atoms with van der Waals surface area (Å²) in [6.45, 7) is 0. The zero-order chi connectivity index (χ0) is 6.81. The second kappa shape index (κ2) is 1.94. The highest BCUT2D eigenvalue weighted by Gasteiger charge is 1.98. The Bertz CT molecular complexity index is 249. The molecule has 2 aromatic heterocycles. The maximum absolute atomic E-state index is 3.92. The third kappa shape index (κ3) is 0.680. The Kier molecular flexibility index (Phi) is 1.00. The predicted octanol–water partition coefficient (Wildman–Crippen LogP) is 0.195. The molecule has 0 aliphatic carbocycles. The predicted molar refractivity (Wildman–Crippen MR) is 34.0 cm³/mol. The van der Waals surface area contributed by atoms with Crippen LogP contribution in [0.5, 0.6) is 0 Å². The molecule has 5 heteroatoms. The summed E-state index contributed by atoms with van der Waals surface area (Å²) in [5, 5.41) is 6.40. The molecule has 0 fully saturated rings. The van der Waals surface area contributed by atoms with Crippen molar-refractivity contribution in [2.24, 2.45) is 0 Å². The van der Waals surface area contributed by atoms with Crippen molar-refractivity contribution in [1.29, 1.82) is 0 Å². The molecule has 0 aliphatic rings. The Hall–Kier alpha value is -1.65. The third-order valence-corrected chi connectivity index (χ3v) is 1.17. The number of hydrogen-bond acceptors (Lipinski definition) is 3. The van der Waals surface area contributed by atoms with Crippen molar-refractivity contribution in [2.75, 3.05) is 0 Å². The molecule has 2 heterocycles. The van der Waals surface area contributed by atoms with Crippen LogP contribution in [0.4, 0.5) is 0 Å². The maximum atomic E-state index is 3.92. The number of nitrogens with one attached hydrogen (secondary N) is 2. The Morgan fingerprint density at radius 1 is 1.40 bits per heavy atom. The summed E-state index contributed by atoms with van der Waals surface area (Å²) in [6, 6.07) is 0. The Labute approximate surface area is 56.5 Å². The highest BCUT2D eigenvalue weighted by atomic mass is 15.2. The fourth-order valence-electron chi connectivity index (χ4n) is 0.721. The number of aromatic amines is 2. The first-order chi connectivity index (χ1) is 4.97. The fraction of sp³-hybridized carbons (Fsp3) is 0. The lowest BCUT2D eigenvalue weighted by molar-refractivity contribution is 1.09. The van der Waals surface area contributed by atoms with Crippen molar-refractivity contribution in [1.82, 2.24) is 25.1 Å². The molecule has 0 bridgehead atoms. The van der Waals surface area contributed by atoms with E-state index in [1.54, 1.807) is 12.5 Å². The van der Waals surface area contributed by atoms with Gasteiger partial charge >= 0.3 is 0 Å². The molecule has 2 rings (SSSR count). The molecule has 2 aromatic rings. The lowest BCUT2D eigenvalue weighted by Crippen LogP contribution is -1.78. The molecule has 0 radical (unpaired) electrons. The monoisotopic (exact) mass is 135 g/mol. The number of hydrogen-bond donors (Lipinski definition) is 2. The largest absolute Gasteiger partial charge is 0.342 e. The smallest absolute Gasteiger partial charge is 0.173 e. The number of imidazole rings is 1. The van der Waals surface area contributed by atoms with Crippen molar-refractivity contribution in [3.8, 4) is 11.5 Å². The van der Waals surface area contributed by atoms with Gasteiger partial charge in [-0.1, -0.05) is 0 Å². The molecule has 5 nitrogen and oxygen atoms in total. The molecule has 2 N–H and O–H groups in total. The lowest BCUT2D eigenvalue weighted by atomic mass is 10.5. The maximum Gasteiger partial charge on any atom is 0.173 e. The van der Waals surface area contributed by atoms with Gasteiger partial charge in [0.1, 0.15) is 12.0 Å². The van der Waals surface area contributed by atoms with Gasteiger partial charge in [-0.25, -0.2) is 9.97 Å². The number of H-pyrrole nitrogens is 2. The Morgan fingerprint density at radius 2 is 2.40 bits per heavy atom. The van der Waals surface area contributed by atoms with E-state index in [0.29, 0.717) is 5.82 Å². The van der Waals surface area contributed by atoms with E-state index in [-0.39, 0.29) is 0 Å². The molecular weight excluding hydrogens is 130 g/mol. The second-order valence-electron chi connectivity index (χ2n) is 1.80. The molecule has 0 aromatic carbocycles. The summed E-state index contributed by atoms with van der Waals surface area (Å²) in [7, 11) is 0. The van der Waals surface area contributed by atoms with Gasteiger partial charge in [0.25, 0.3) is 0 Å². The van der Waals surface area contributed by atoms with Crippen molar-refractivity contribution in [2.45, 2.75) is 0 Å². The number of nitrogens with zero attached hydrogens (tertiary/aromatic N) is 3. The minimum Gasteiger partial charge on any atom is -0.342 e. The highest BCUT2D eigenvalue weighted by Crippen LogP contribution is 2.05. The second-order valence-corrected chi connectivity index (χ2v) is 1.80. The summed E-state index contributed by atoms with van der Waals surface area (Å²) < 4.78 is 0. The van der Waals surface area contributed by atoms with Crippen LogP contribution in [0.1, 0.15) is 0 Å². The average molecular weight is 135 g/mol. The molecule has 50 valence electrons. The molecule has 0 saturated carbocycles. The van der Waals surface area contributed by atoms with Crippen LogP contribution in [-0.4, -0.2) is 25.1 Å². The first-order valence-corrected chi connectivity index (χ1v) is 2.81. The summed E-state index contributed by atoms with van der Waals surface area (Å²) in [6.07, 6.45) is 4.73. The van der Waals surface area contributed by atoms with E-state index >= 15 is 0 Å². The number of rotatable bonds is 1. The van der Waals surface area contributed by atoms with Crippen LogP contribution in [0.2, 0.25) is 0 Å². The van der Waals surface area contributed by atoms with E-state index in [4.69, 9.17) is 0 Å². The third-order valence-electron chi connectivity index (χ3n) is 1.17. The summed E-state index contributed by atoms with van der Waals surface area (Å²) in [5.41, 5.74) is 0.845. The van der Waals surface area contributed by atoms with E-state index in [1.165, 1.54) is 6.33 Å². The zero-order valence-corrected chi connectivity index (χ0v) is 5.07. The van der Waals surface area contributed by atoms with Crippen LogP contribution in [0, 0.1) is 0 Å². The van der Waals surface area contributed by atoms with Gasteiger partial charge in [-0.3, -0.25) is 5.10 Å². The van der Waals surface area contributed by atoms with E-state index in [0.717, 1.165) is 5.69 Å². The minimum absolute atomic E-state index is 0.706. The van der Waals surface area contributed by atoms with Crippen molar-refractivity contribution in [3.05, 3.63) is 18.9 Å². The molecule has 0 atom stereocenters. The van der Waals surface area contributed by atoms with Crippen molar-refractivity contribution in [3.63, 3.8) is 0 Å².